The summed E-state index contributed by atoms with van der Waals surface area (Å²) in [6.45, 7) is 2.61. The third kappa shape index (κ3) is 2.75. The Morgan fingerprint density at radius 1 is 1.22 bits per heavy atom. The fourth-order valence-corrected chi connectivity index (χ4v) is 3.42. The predicted octanol–water partition coefficient (Wildman–Crippen LogP) is 4.42. The van der Waals surface area contributed by atoms with Crippen molar-refractivity contribution in [2.75, 3.05) is 0 Å². The van der Waals surface area contributed by atoms with E-state index in [4.69, 9.17) is 0 Å². The van der Waals surface area contributed by atoms with Gasteiger partial charge in [-0.1, -0.05) is 31.9 Å². The van der Waals surface area contributed by atoms with E-state index in [9.17, 15) is 4.79 Å². The Hall–Kier alpha value is -0.460. The van der Waals surface area contributed by atoms with Crippen LogP contribution in [0.25, 0.3) is 0 Å². The zero-order chi connectivity index (χ0) is 13.3. The van der Waals surface area contributed by atoms with Gasteiger partial charge in [-0.15, -0.1) is 0 Å². The minimum atomic E-state index is -0.0526. The molecule has 0 aliphatic rings. The molecule has 3 nitrogen and oxygen atoms in total. The summed E-state index contributed by atoms with van der Waals surface area (Å²) in [6.07, 6.45) is 1.64. The molecule has 0 atom stereocenters. The highest BCUT2D eigenvalue weighted by Crippen LogP contribution is 2.25. The molecule has 0 N–H and O–H groups in total. The summed E-state index contributed by atoms with van der Waals surface area (Å²) in [5.74, 6) is -0.0526. The Bertz CT molecular complexity index is 587. The summed E-state index contributed by atoms with van der Waals surface area (Å²) in [5, 5.41) is 4.15. The number of rotatable bonds is 3. The molecule has 0 fully saturated rings. The maximum Gasteiger partial charge on any atom is 0.212 e. The molecule has 18 heavy (non-hydrogen) atoms. The Morgan fingerprint density at radius 3 is 2.39 bits per heavy atom. The maximum absolute atomic E-state index is 12.5. The molecule has 94 valence electrons. The van der Waals surface area contributed by atoms with Crippen LogP contribution in [0.15, 0.2) is 37.8 Å². The van der Waals surface area contributed by atoms with Crippen LogP contribution in [0, 0.1) is 0 Å². The minimum Gasteiger partial charge on any atom is -0.287 e. The van der Waals surface area contributed by atoms with E-state index >= 15 is 0 Å². The number of carbonyl (C=O) groups excluding carboxylic acids is 1. The van der Waals surface area contributed by atoms with E-state index in [0.717, 1.165) is 8.95 Å². The molecule has 2 aromatic rings. The topological polar surface area (TPSA) is 34.9 Å². The van der Waals surface area contributed by atoms with Crippen LogP contribution in [0.3, 0.4) is 0 Å². The first kappa shape index (κ1) is 14.0. The third-order valence-electron chi connectivity index (χ3n) is 2.43. The number of hydrogen-bond donors (Lipinski definition) is 0. The van der Waals surface area contributed by atoms with Crippen molar-refractivity contribution in [1.82, 2.24) is 9.78 Å². The standard InChI is InChI=1S/C12H9Br3N2O/c1-2-17-11(10(15)6-16-17)12(18)7-3-8(13)5-9(14)4-7/h3-6H,2H2,1H3. The summed E-state index contributed by atoms with van der Waals surface area (Å²) in [5.41, 5.74) is 1.19. The number of nitrogens with zero attached hydrogens (tertiary/aromatic N) is 2. The van der Waals surface area contributed by atoms with E-state index in [0.29, 0.717) is 22.3 Å². The number of aryl methyl sites for hydroxylation is 1. The fraction of sp³-hybridized carbons (Fsp3) is 0.167. The van der Waals surface area contributed by atoms with Gasteiger partial charge in [0, 0.05) is 21.1 Å². The highest BCUT2D eigenvalue weighted by atomic mass is 79.9. The first-order valence-corrected chi connectivity index (χ1v) is 7.63. The van der Waals surface area contributed by atoms with Crippen LogP contribution in [-0.4, -0.2) is 15.6 Å². The maximum atomic E-state index is 12.5. The smallest absolute Gasteiger partial charge is 0.212 e. The average molecular weight is 437 g/mol. The second-order valence-corrected chi connectivity index (χ2v) is 6.33. The van der Waals surface area contributed by atoms with Gasteiger partial charge in [0.15, 0.2) is 0 Å². The highest BCUT2D eigenvalue weighted by molar-refractivity contribution is 9.11. The van der Waals surface area contributed by atoms with Gasteiger partial charge in [0.2, 0.25) is 5.78 Å². The van der Waals surface area contributed by atoms with E-state index in [1.165, 1.54) is 0 Å². The molecular formula is C12H9Br3N2O. The third-order valence-corrected chi connectivity index (χ3v) is 3.93. The normalized spacial score (nSPS) is 10.7. The van der Waals surface area contributed by atoms with Gasteiger partial charge in [0.05, 0.1) is 10.7 Å². The molecule has 0 unspecified atom stereocenters. The van der Waals surface area contributed by atoms with Gasteiger partial charge in [-0.2, -0.15) is 5.10 Å². The summed E-state index contributed by atoms with van der Waals surface area (Å²) in [7, 11) is 0. The van der Waals surface area contributed by atoms with Gasteiger partial charge in [-0.3, -0.25) is 9.48 Å². The molecule has 1 aromatic carbocycles. The largest absolute Gasteiger partial charge is 0.287 e. The monoisotopic (exact) mass is 434 g/mol. The zero-order valence-electron chi connectivity index (χ0n) is 9.45. The van der Waals surface area contributed by atoms with Crippen LogP contribution in [-0.2, 0) is 6.54 Å². The van der Waals surface area contributed by atoms with Crippen molar-refractivity contribution in [2.24, 2.45) is 0 Å². The SMILES string of the molecule is CCn1ncc(Br)c1C(=O)c1cc(Br)cc(Br)c1. The Balaban J connectivity index is 2.50. The van der Waals surface area contributed by atoms with Gasteiger partial charge >= 0.3 is 0 Å². The van der Waals surface area contributed by atoms with Crippen molar-refractivity contribution in [3.8, 4) is 0 Å². The van der Waals surface area contributed by atoms with Gasteiger partial charge < -0.3 is 0 Å². The Labute approximate surface area is 130 Å². The molecule has 0 saturated carbocycles. The molecule has 0 aliphatic heterocycles. The summed E-state index contributed by atoms with van der Waals surface area (Å²) < 4.78 is 4.12. The lowest BCUT2D eigenvalue weighted by Gasteiger charge is -2.06. The zero-order valence-corrected chi connectivity index (χ0v) is 14.2. The fourth-order valence-electron chi connectivity index (χ4n) is 1.65. The van der Waals surface area contributed by atoms with Crippen LogP contribution in [0.2, 0.25) is 0 Å². The summed E-state index contributed by atoms with van der Waals surface area (Å²) in [6, 6.07) is 5.49. The Morgan fingerprint density at radius 2 is 1.83 bits per heavy atom. The Kier molecular flexibility index (Phi) is 4.40. The van der Waals surface area contributed by atoms with Crippen LogP contribution >= 0.6 is 47.8 Å². The van der Waals surface area contributed by atoms with Crippen molar-refractivity contribution in [3.63, 3.8) is 0 Å². The van der Waals surface area contributed by atoms with Crippen molar-refractivity contribution in [2.45, 2.75) is 13.5 Å². The van der Waals surface area contributed by atoms with Crippen molar-refractivity contribution < 1.29 is 4.79 Å². The molecule has 0 aliphatic carbocycles. The van der Waals surface area contributed by atoms with Gasteiger partial charge in [-0.25, -0.2) is 0 Å². The lowest BCUT2D eigenvalue weighted by molar-refractivity contribution is 0.102. The van der Waals surface area contributed by atoms with E-state index in [1.807, 2.05) is 13.0 Å². The van der Waals surface area contributed by atoms with Crippen molar-refractivity contribution in [1.29, 1.82) is 0 Å². The van der Waals surface area contributed by atoms with E-state index in [1.54, 1.807) is 23.0 Å². The molecule has 0 radical (unpaired) electrons. The lowest BCUT2D eigenvalue weighted by Crippen LogP contribution is -2.11. The van der Waals surface area contributed by atoms with E-state index in [-0.39, 0.29) is 5.78 Å². The molecule has 1 aromatic heterocycles. The molecule has 0 spiro atoms. The van der Waals surface area contributed by atoms with Gasteiger partial charge in [-0.05, 0) is 41.1 Å². The number of halogens is 3. The lowest BCUT2D eigenvalue weighted by atomic mass is 10.1. The summed E-state index contributed by atoms with van der Waals surface area (Å²) in [4.78, 5) is 12.5. The van der Waals surface area contributed by atoms with Crippen LogP contribution in [0.4, 0.5) is 0 Å². The van der Waals surface area contributed by atoms with Crippen LogP contribution in [0.1, 0.15) is 23.0 Å². The van der Waals surface area contributed by atoms with Gasteiger partial charge in [0.1, 0.15) is 5.69 Å². The molecule has 6 heteroatoms. The first-order chi connectivity index (χ1) is 8.52. The number of carbonyl (C=O) groups is 1. The van der Waals surface area contributed by atoms with Gasteiger partial charge in [0.25, 0.3) is 0 Å². The highest BCUT2D eigenvalue weighted by Gasteiger charge is 2.18. The quantitative estimate of drug-likeness (QED) is 0.667. The molecule has 0 saturated heterocycles. The molecule has 0 amide bonds. The number of aromatic nitrogens is 2. The van der Waals surface area contributed by atoms with E-state index < -0.39 is 0 Å². The average Bonchev–Trinajstić information content (AvgIpc) is 2.68. The molecular weight excluding hydrogens is 428 g/mol. The number of hydrogen-bond acceptors (Lipinski definition) is 2. The second kappa shape index (κ2) is 5.67. The first-order valence-electron chi connectivity index (χ1n) is 5.25. The minimum absolute atomic E-state index is 0.0526. The van der Waals surface area contributed by atoms with Crippen LogP contribution in [0.5, 0.6) is 0 Å². The number of benzene rings is 1. The molecule has 1 heterocycles. The molecule has 0 bridgehead atoms. The predicted molar refractivity (Wildman–Crippen MR) is 80.9 cm³/mol. The molecule has 2 rings (SSSR count). The van der Waals surface area contributed by atoms with Crippen molar-refractivity contribution >= 4 is 53.6 Å². The van der Waals surface area contributed by atoms with Crippen LogP contribution < -0.4 is 0 Å². The number of ketones is 1. The van der Waals surface area contributed by atoms with Crippen molar-refractivity contribution in [3.05, 3.63) is 49.1 Å². The summed E-state index contributed by atoms with van der Waals surface area (Å²) >= 11 is 10.1. The van der Waals surface area contributed by atoms with E-state index in [2.05, 4.69) is 52.9 Å². The second-order valence-electron chi connectivity index (χ2n) is 3.64.